The Morgan fingerprint density at radius 1 is 0.371 bits per heavy atom. The van der Waals surface area contributed by atoms with Crippen LogP contribution in [0, 0.1) is 17.8 Å². The van der Waals surface area contributed by atoms with E-state index in [9.17, 15) is 43.2 Å². The maximum absolute atomic E-state index is 13.0. The SMILES string of the molecule is CCCCCC/C=C\C=C/CCCCCCCC(=O)O[C@H](COC(=O)CCCCCCCCCCCC(C)C)COP(=O)(O)OCC(O)COP(=O)(O)OC[C@@H](COC(=O)CCCCCCCCCC(C)C)OC(=O)CCCCCCCCCCC(C)CC. The van der Waals surface area contributed by atoms with Gasteiger partial charge in [-0.25, -0.2) is 9.13 Å². The summed E-state index contributed by atoms with van der Waals surface area (Å²) in [5, 5.41) is 10.6. The summed E-state index contributed by atoms with van der Waals surface area (Å²) in [4.78, 5) is 72.5. The number of aliphatic hydroxyl groups is 1. The molecule has 524 valence electrons. The third-order valence-electron chi connectivity index (χ3n) is 15.9. The van der Waals surface area contributed by atoms with E-state index in [2.05, 4.69) is 72.8 Å². The molecule has 0 aliphatic carbocycles. The minimum Gasteiger partial charge on any atom is -0.462 e. The van der Waals surface area contributed by atoms with Crippen LogP contribution >= 0.6 is 15.6 Å². The maximum Gasteiger partial charge on any atom is 0.472 e. The average Bonchev–Trinajstić information content (AvgIpc) is 3.61. The quantitative estimate of drug-likeness (QED) is 0.0169. The van der Waals surface area contributed by atoms with Gasteiger partial charge in [0.15, 0.2) is 12.2 Å². The first-order chi connectivity index (χ1) is 42.8. The summed E-state index contributed by atoms with van der Waals surface area (Å²) >= 11 is 0. The average molecular weight is 1310 g/mol. The van der Waals surface area contributed by atoms with E-state index in [0.29, 0.717) is 31.6 Å². The third kappa shape index (κ3) is 62.7. The molecule has 0 spiro atoms. The molecule has 0 aromatic carbocycles. The number of unbranched alkanes of at least 4 members (excludes halogenated alkanes) is 30. The van der Waals surface area contributed by atoms with Crippen molar-refractivity contribution in [1.29, 1.82) is 0 Å². The monoisotopic (exact) mass is 1310 g/mol. The molecule has 3 N–H and O–H groups in total. The highest BCUT2D eigenvalue weighted by Gasteiger charge is 2.30. The largest absolute Gasteiger partial charge is 0.472 e. The van der Waals surface area contributed by atoms with E-state index in [-0.39, 0.29) is 25.7 Å². The van der Waals surface area contributed by atoms with E-state index in [1.807, 2.05) is 0 Å². The Morgan fingerprint density at radius 2 is 0.663 bits per heavy atom. The lowest BCUT2D eigenvalue weighted by molar-refractivity contribution is -0.161. The van der Waals surface area contributed by atoms with Gasteiger partial charge in [0.25, 0.3) is 0 Å². The van der Waals surface area contributed by atoms with Crippen molar-refractivity contribution in [2.24, 2.45) is 17.8 Å². The van der Waals surface area contributed by atoms with E-state index in [1.165, 1.54) is 116 Å². The highest BCUT2D eigenvalue weighted by molar-refractivity contribution is 7.47. The Labute approximate surface area is 542 Å². The number of rotatable bonds is 66. The first-order valence-corrected chi connectivity index (χ1v) is 38.7. The van der Waals surface area contributed by atoms with Gasteiger partial charge in [-0.15, -0.1) is 0 Å². The number of carbonyl (C=O) groups is 4. The van der Waals surface area contributed by atoms with Gasteiger partial charge in [-0.05, 0) is 69.1 Å². The van der Waals surface area contributed by atoms with Gasteiger partial charge in [0.2, 0.25) is 0 Å². The number of allylic oxidation sites excluding steroid dienone is 4. The summed E-state index contributed by atoms with van der Waals surface area (Å²) in [5.41, 5.74) is 0. The molecule has 89 heavy (non-hydrogen) atoms. The molecule has 6 atom stereocenters. The van der Waals surface area contributed by atoms with Crippen molar-refractivity contribution in [2.75, 3.05) is 39.6 Å². The molecule has 0 rings (SSSR count). The van der Waals surface area contributed by atoms with E-state index in [1.54, 1.807) is 0 Å². The van der Waals surface area contributed by atoms with Crippen molar-refractivity contribution in [3.8, 4) is 0 Å². The van der Waals surface area contributed by atoms with E-state index in [0.717, 1.165) is 121 Å². The van der Waals surface area contributed by atoms with Crippen molar-refractivity contribution in [3.63, 3.8) is 0 Å². The molecule has 4 unspecified atom stereocenters. The second-order valence-corrected chi connectivity index (χ2v) is 28.7. The van der Waals surface area contributed by atoms with E-state index >= 15 is 0 Å². The van der Waals surface area contributed by atoms with Crippen LogP contribution in [0.15, 0.2) is 24.3 Å². The number of phosphoric ester groups is 2. The van der Waals surface area contributed by atoms with Crippen LogP contribution < -0.4 is 0 Å². The molecule has 0 amide bonds. The molecule has 17 nitrogen and oxygen atoms in total. The van der Waals surface area contributed by atoms with Gasteiger partial charge < -0.3 is 33.8 Å². The summed E-state index contributed by atoms with van der Waals surface area (Å²) in [5.74, 6) is 0.0525. The molecule has 0 aromatic rings. The molecular weight excluding hydrogens is 1170 g/mol. The zero-order valence-electron chi connectivity index (χ0n) is 57.4. The topological polar surface area (TPSA) is 237 Å². The number of ether oxygens (including phenoxy) is 4. The molecule has 0 aliphatic heterocycles. The van der Waals surface area contributed by atoms with Gasteiger partial charge in [-0.1, -0.05) is 272 Å². The lowest BCUT2D eigenvalue weighted by Gasteiger charge is -2.21. The molecule has 19 heteroatoms. The maximum atomic E-state index is 13.0. The Morgan fingerprint density at radius 3 is 1.00 bits per heavy atom. The molecular formula is C70H132O17P2. The first kappa shape index (κ1) is 86.5. The van der Waals surface area contributed by atoms with Crippen LogP contribution in [-0.4, -0.2) is 96.7 Å². The first-order valence-electron chi connectivity index (χ1n) is 35.7. The number of hydrogen-bond donors (Lipinski definition) is 3. The fourth-order valence-corrected chi connectivity index (χ4v) is 11.5. The van der Waals surface area contributed by atoms with Gasteiger partial charge in [-0.2, -0.15) is 0 Å². The smallest absolute Gasteiger partial charge is 0.462 e. The Bertz CT molecular complexity index is 1840. The van der Waals surface area contributed by atoms with Crippen LogP contribution in [0.2, 0.25) is 0 Å². The van der Waals surface area contributed by atoms with Crippen molar-refractivity contribution >= 4 is 39.5 Å². The van der Waals surface area contributed by atoms with Crippen molar-refractivity contribution in [1.82, 2.24) is 0 Å². The summed E-state index contributed by atoms with van der Waals surface area (Å²) in [6.45, 7) is 11.7. The van der Waals surface area contributed by atoms with Gasteiger partial charge in [-0.3, -0.25) is 37.3 Å². The zero-order chi connectivity index (χ0) is 65.9. The number of hydrogen-bond acceptors (Lipinski definition) is 15. The van der Waals surface area contributed by atoms with Crippen molar-refractivity contribution in [3.05, 3.63) is 24.3 Å². The summed E-state index contributed by atoms with van der Waals surface area (Å²) in [6.07, 6.45) is 46.7. The lowest BCUT2D eigenvalue weighted by Crippen LogP contribution is -2.30. The predicted molar refractivity (Wildman–Crippen MR) is 358 cm³/mol. The molecule has 0 radical (unpaired) electrons. The standard InChI is InChI=1S/C70H132O17P2/c1-8-10-11-12-13-14-15-16-17-18-19-22-31-39-46-53-69(74)86-65(57-80-67(72)51-44-37-30-23-20-21-27-34-41-48-61(3)4)59-84-88(76,77)82-55-64(71)56-83-89(78,79)85-60-66(58-81-68(73)52-45-38-33-26-28-35-42-49-62(5)6)87-70(75)54-47-40-32-25-24-29-36-43-50-63(7)9-2/h14-17,61-66,71H,8-13,18-60H2,1-7H3,(H,76,77)(H,78,79)/b15-14-,17-16-/t63?,64?,65-,66-/m1/s1. The summed E-state index contributed by atoms with van der Waals surface area (Å²) in [6, 6.07) is 0. The second-order valence-electron chi connectivity index (χ2n) is 25.8. The lowest BCUT2D eigenvalue weighted by atomic mass is 9.99. The van der Waals surface area contributed by atoms with Crippen LogP contribution in [0.4, 0.5) is 0 Å². The van der Waals surface area contributed by atoms with Crippen LogP contribution in [-0.2, 0) is 65.4 Å². The molecule has 0 heterocycles. The number of phosphoric acid groups is 2. The number of aliphatic hydroxyl groups excluding tert-OH is 1. The minimum absolute atomic E-state index is 0.0840. The minimum atomic E-state index is -4.96. The fraction of sp³-hybridized carbons (Fsp3) is 0.886. The third-order valence-corrected chi connectivity index (χ3v) is 17.8. The highest BCUT2D eigenvalue weighted by Crippen LogP contribution is 2.45. The van der Waals surface area contributed by atoms with Crippen molar-refractivity contribution in [2.45, 2.75) is 343 Å². The molecule has 0 fully saturated rings. The predicted octanol–water partition coefficient (Wildman–Crippen LogP) is 19.4. The number of carbonyl (C=O) groups excluding carboxylic acids is 4. The zero-order valence-corrected chi connectivity index (χ0v) is 59.2. The van der Waals surface area contributed by atoms with Crippen molar-refractivity contribution < 1.29 is 80.2 Å². The van der Waals surface area contributed by atoms with Gasteiger partial charge in [0, 0.05) is 25.7 Å². The van der Waals surface area contributed by atoms with Crippen LogP contribution in [0.5, 0.6) is 0 Å². The normalized spacial score (nSPS) is 14.7. The Kier molecular flexibility index (Phi) is 58.8. The van der Waals surface area contributed by atoms with Crippen LogP contribution in [0.25, 0.3) is 0 Å². The van der Waals surface area contributed by atoms with Gasteiger partial charge >= 0.3 is 39.5 Å². The van der Waals surface area contributed by atoms with Gasteiger partial charge in [0.1, 0.15) is 19.3 Å². The fourth-order valence-electron chi connectivity index (χ4n) is 9.97. The van der Waals surface area contributed by atoms with Gasteiger partial charge in [0.05, 0.1) is 26.4 Å². The van der Waals surface area contributed by atoms with Crippen LogP contribution in [0.3, 0.4) is 0 Å². The molecule has 0 saturated carbocycles. The molecule has 0 aromatic heterocycles. The van der Waals surface area contributed by atoms with E-state index < -0.39 is 97.5 Å². The molecule has 0 saturated heterocycles. The highest BCUT2D eigenvalue weighted by atomic mass is 31.2. The Hall–Kier alpha value is -2.46. The molecule has 0 bridgehead atoms. The number of esters is 4. The molecule has 0 aliphatic rings. The Balaban J connectivity index is 5.30. The van der Waals surface area contributed by atoms with Crippen LogP contribution in [0.1, 0.15) is 325 Å². The summed E-state index contributed by atoms with van der Waals surface area (Å²) in [7, 11) is -9.91. The second kappa shape index (κ2) is 60.5. The van der Waals surface area contributed by atoms with E-state index in [4.69, 9.17) is 37.0 Å². The summed E-state index contributed by atoms with van der Waals surface area (Å²) < 4.78 is 68.2.